The van der Waals surface area contributed by atoms with Gasteiger partial charge >= 0.3 is 11.9 Å². The maximum absolute atomic E-state index is 12.1. The fourth-order valence-corrected chi connectivity index (χ4v) is 4.48. The Balaban J connectivity index is 1.76. The van der Waals surface area contributed by atoms with Gasteiger partial charge in [-0.2, -0.15) is 0 Å². The molecule has 0 radical (unpaired) electrons. The summed E-state index contributed by atoms with van der Waals surface area (Å²) in [7, 11) is 0. The Morgan fingerprint density at radius 3 is 1.32 bits per heavy atom. The van der Waals surface area contributed by atoms with E-state index < -0.39 is 0 Å². The zero-order valence-corrected chi connectivity index (χ0v) is 25.3. The van der Waals surface area contributed by atoms with Crippen molar-refractivity contribution in [1.29, 1.82) is 0 Å². The molecular weight excluding hydrogens is 504 g/mol. The third kappa shape index (κ3) is 12.4. The van der Waals surface area contributed by atoms with Crippen LogP contribution in [0.1, 0.15) is 103 Å². The van der Waals surface area contributed by atoms with Crippen LogP contribution in [0.5, 0.6) is 11.5 Å². The zero-order valence-electron chi connectivity index (χ0n) is 25.3. The van der Waals surface area contributed by atoms with E-state index in [4.69, 9.17) is 18.9 Å². The average Bonchev–Trinajstić information content (AvgIpc) is 2.99. The van der Waals surface area contributed by atoms with Crippen molar-refractivity contribution >= 4 is 11.9 Å². The second kappa shape index (κ2) is 19.1. The first kappa shape index (κ1) is 33.2. The number of unbranched alkanes of at least 4 members (excludes halogenated alkanes) is 2. The maximum atomic E-state index is 12.1. The van der Waals surface area contributed by atoms with Gasteiger partial charge in [0.2, 0.25) is 0 Å². The van der Waals surface area contributed by atoms with Crippen LogP contribution in [0.15, 0.2) is 48.5 Å². The molecule has 2 aromatic rings. The minimum Gasteiger partial charge on any atom is -0.482 e. The Morgan fingerprint density at radius 2 is 1.00 bits per heavy atom. The lowest BCUT2D eigenvalue weighted by Crippen LogP contribution is -2.19. The largest absolute Gasteiger partial charge is 0.482 e. The highest BCUT2D eigenvalue weighted by molar-refractivity contribution is 5.71. The lowest BCUT2D eigenvalue weighted by atomic mass is 9.93. The smallest absolute Gasteiger partial charge is 0.344 e. The van der Waals surface area contributed by atoms with Crippen LogP contribution in [0.4, 0.5) is 0 Å². The van der Waals surface area contributed by atoms with Crippen LogP contribution in [0.2, 0.25) is 0 Å². The topological polar surface area (TPSA) is 71.1 Å². The SMILES string of the molecule is CCCCC(CC)COC(=O)COc1ccc(C(C)c2ccc(OCC(=O)OCC(CC)CCCC)cc2)cc1. The number of benzene rings is 2. The molecule has 0 saturated carbocycles. The lowest BCUT2D eigenvalue weighted by Gasteiger charge is -2.16. The molecule has 2 atom stereocenters. The molecule has 0 heterocycles. The summed E-state index contributed by atoms with van der Waals surface area (Å²) in [4.78, 5) is 24.2. The van der Waals surface area contributed by atoms with Crippen molar-refractivity contribution in [1.82, 2.24) is 0 Å². The maximum Gasteiger partial charge on any atom is 0.344 e. The molecule has 6 nitrogen and oxygen atoms in total. The highest BCUT2D eigenvalue weighted by Gasteiger charge is 2.13. The molecule has 0 aliphatic carbocycles. The van der Waals surface area contributed by atoms with Crippen molar-refractivity contribution in [3.05, 3.63) is 59.7 Å². The number of carbonyl (C=O) groups excluding carboxylic acids is 2. The quantitative estimate of drug-likeness (QED) is 0.154. The molecule has 0 spiro atoms. The number of ether oxygens (including phenoxy) is 4. The van der Waals surface area contributed by atoms with Crippen molar-refractivity contribution in [2.75, 3.05) is 26.4 Å². The van der Waals surface area contributed by atoms with Gasteiger partial charge in [-0.3, -0.25) is 0 Å². The van der Waals surface area contributed by atoms with Gasteiger partial charge in [-0.25, -0.2) is 9.59 Å². The molecule has 2 rings (SSSR count). The molecule has 0 N–H and O–H groups in total. The fraction of sp³-hybridized carbons (Fsp3) is 0.588. The van der Waals surface area contributed by atoms with Crippen LogP contribution in [0.25, 0.3) is 0 Å². The van der Waals surface area contributed by atoms with Crippen LogP contribution in [0, 0.1) is 11.8 Å². The van der Waals surface area contributed by atoms with E-state index in [2.05, 4.69) is 34.6 Å². The summed E-state index contributed by atoms with van der Waals surface area (Å²) in [6.45, 7) is 11.5. The van der Waals surface area contributed by atoms with E-state index in [9.17, 15) is 9.59 Å². The molecule has 0 aliphatic heterocycles. The van der Waals surface area contributed by atoms with E-state index in [1.807, 2.05) is 48.5 Å². The minimum absolute atomic E-state index is 0.0911. The first-order chi connectivity index (χ1) is 19.4. The van der Waals surface area contributed by atoms with Gasteiger partial charge in [0.15, 0.2) is 13.2 Å². The highest BCUT2D eigenvalue weighted by atomic mass is 16.6. The summed E-state index contributed by atoms with van der Waals surface area (Å²) in [6, 6.07) is 15.5. The highest BCUT2D eigenvalue weighted by Crippen LogP contribution is 2.27. The molecule has 222 valence electrons. The van der Waals surface area contributed by atoms with Crippen LogP contribution in [0.3, 0.4) is 0 Å². The van der Waals surface area contributed by atoms with E-state index in [0.717, 1.165) is 62.5 Å². The molecule has 0 aromatic heterocycles. The van der Waals surface area contributed by atoms with Gasteiger partial charge in [-0.1, -0.05) is 97.4 Å². The van der Waals surface area contributed by atoms with E-state index in [1.165, 1.54) is 0 Å². The van der Waals surface area contributed by atoms with Gasteiger partial charge in [0.05, 0.1) is 13.2 Å². The van der Waals surface area contributed by atoms with E-state index >= 15 is 0 Å². The van der Waals surface area contributed by atoms with Crippen molar-refractivity contribution in [2.45, 2.75) is 91.9 Å². The Kier molecular flexibility index (Phi) is 15.9. The Hall–Kier alpha value is -3.02. The monoisotopic (exact) mass is 554 g/mol. The molecule has 6 heteroatoms. The number of hydrogen-bond donors (Lipinski definition) is 0. The summed E-state index contributed by atoms with van der Waals surface area (Å²) in [6.07, 6.45) is 8.81. The predicted molar refractivity (Wildman–Crippen MR) is 160 cm³/mol. The standard InChI is InChI=1S/C34H50O6/c1-6-10-12-27(8-3)22-39-33(35)24-37-31-18-14-29(15-19-31)26(5)30-16-20-32(21-17-30)38-25-34(36)40-23-28(9-4)13-11-7-2/h14-21,26-28H,6-13,22-25H2,1-5H3. The van der Waals surface area contributed by atoms with Crippen LogP contribution < -0.4 is 9.47 Å². The second-order valence-corrected chi connectivity index (χ2v) is 10.6. The molecule has 0 bridgehead atoms. The predicted octanol–water partition coefficient (Wildman–Crippen LogP) is 8.12. The third-order valence-electron chi connectivity index (χ3n) is 7.52. The Morgan fingerprint density at radius 1 is 0.625 bits per heavy atom. The summed E-state index contributed by atoms with van der Waals surface area (Å²) in [5, 5.41) is 0. The molecule has 0 aliphatic rings. The van der Waals surface area contributed by atoms with Crippen LogP contribution in [-0.4, -0.2) is 38.4 Å². The van der Waals surface area contributed by atoms with Crippen molar-refractivity contribution < 1.29 is 28.5 Å². The molecular formula is C34H50O6. The summed E-state index contributed by atoms with van der Waals surface area (Å²) in [5.41, 5.74) is 2.25. The number of rotatable bonds is 20. The second-order valence-electron chi connectivity index (χ2n) is 10.6. The first-order valence-corrected chi connectivity index (χ1v) is 15.2. The number of carbonyl (C=O) groups is 2. The molecule has 40 heavy (non-hydrogen) atoms. The van der Waals surface area contributed by atoms with Crippen LogP contribution in [-0.2, 0) is 19.1 Å². The number of esters is 2. The lowest BCUT2D eigenvalue weighted by molar-refractivity contribution is -0.148. The van der Waals surface area contributed by atoms with Crippen molar-refractivity contribution in [3.63, 3.8) is 0 Å². The summed E-state index contributed by atoms with van der Waals surface area (Å²) in [5.74, 6) is 1.59. The van der Waals surface area contributed by atoms with E-state index in [0.29, 0.717) is 36.5 Å². The van der Waals surface area contributed by atoms with Gasteiger partial charge in [0, 0.05) is 5.92 Å². The van der Waals surface area contributed by atoms with Crippen LogP contribution >= 0.6 is 0 Å². The third-order valence-corrected chi connectivity index (χ3v) is 7.52. The normalized spacial score (nSPS) is 13.2. The van der Waals surface area contributed by atoms with Crippen molar-refractivity contribution in [2.24, 2.45) is 11.8 Å². The van der Waals surface area contributed by atoms with Crippen molar-refractivity contribution in [3.8, 4) is 11.5 Å². The Bertz CT molecular complexity index is 889. The Labute approximate surface area is 241 Å². The van der Waals surface area contributed by atoms with Gasteiger partial charge in [0.25, 0.3) is 0 Å². The van der Waals surface area contributed by atoms with Gasteiger partial charge < -0.3 is 18.9 Å². The zero-order chi connectivity index (χ0) is 29.2. The van der Waals surface area contributed by atoms with Gasteiger partial charge in [0.1, 0.15) is 11.5 Å². The number of hydrogen-bond acceptors (Lipinski definition) is 6. The first-order valence-electron chi connectivity index (χ1n) is 15.2. The van der Waals surface area contributed by atoms with Gasteiger partial charge in [-0.05, 0) is 60.1 Å². The van der Waals surface area contributed by atoms with E-state index in [-0.39, 0.29) is 31.1 Å². The van der Waals surface area contributed by atoms with Gasteiger partial charge in [-0.15, -0.1) is 0 Å². The molecule has 2 aromatic carbocycles. The molecule has 0 fully saturated rings. The molecule has 2 unspecified atom stereocenters. The molecule has 0 saturated heterocycles. The summed E-state index contributed by atoms with van der Waals surface area (Å²) < 4.78 is 22.1. The van der Waals surface area contributed by atoms with E-state index in [1.54, 1.807) is 0 Å². The summed E-state index contributed by atoms with van der Waals surface area (Å²) >= 11 is 0. The average molecular weight is 555 g/mol. The minimum atomic E-state index is -0.333. The molecule has 0 amide bonds. The fourth-order valence-electron chi connectivity index (χ4n) is 4.48.